The number of carbonyl (C=O) groups excluding carboxylic acids is 1. The van der Waals surface area contributed by atoms with E-state index in [0.717, 1.165) is 51.9 Å². The Labute approximate surface area is 110 Å². The van der Waals surface area contributed by atoms with E-state index in [1.54, 1.807) is 7.11 Å². The molecule has 5 heteroatoms. The predicted octanol–water partition coefficient (Wildman–Crippen LogP) is 0.545. The van der Waals surface area contributed by atoms with E-state index in [2.05, 4.69) is 10.6 Å². The fourth-order valence-electron chi connectivity index (χ4n) is 2.00. The SMILES string of the molecule is COCCOCCCCNC(=O)C1CCCNC1. The van der Waals surface area contributed by atoms with Crippen LogP contribution in [0.4, 0.5) is 0 Å². The van der Waals surface area contributed by atoms with Gasteiger partial charge in [-0.1, -0.05) is 0 Å². The Hall–Kier alpha value is -0.650. The number of rotatable bonds is 9. The van der Waals surface area contributed by atoms with Crippen molar-refractivity contribution in [3.63, 3.8) is 0 Å². The quantitative estimate of drug-likeness (QED) is 0.593. The number of nitrogens with one attached hydrogen (secondary N) is 2. The van der Waals surface area contributed by atoms with Gasteiger partial charge in [0.15, 0.2) is 0 Å². The Bertz CT molecular complexity index is 218. The molecule has 1 fully saturated rings. The summed E-state index contributed by atoms with van der Waals surface area (Å²) in [5.74, 6) is 0.360. The molecule has 0 bridgehead atoms. The summed E-state index contributed by atoms with van der Waals surface area (Å²) in [4.78, 5) is 11.8. The number of methoxy groups -OCH3 is 1. The van der Waals surface area contributed by atoms with Gasteiger partial charge >= 0.3 is 0 Å². The van der Waals surface area contributed by atoms with Gasteiger partial charge < -0.3 is 20.1 Å². The highest BCUT2D eigenvalue weighted by molar-refractivity contribution is 5.78. The largest absolute Gasteiger partial charge is 0.382 e. The Kier molecular flexibility index (Phi) is 8.81. The highest BCUT2D eigenvalue weighted by Crippen LogP contribution is 2.09. The second kappa shape index (κ2) is 10.3. The molecule has 2 N–H and O–H groups in total. The number of hydrogen-bond acceptors (Lipinski definition) is 4. The van der Waals surface area contributed by atoms with Crippen molar-refractivity contribution in [3.05, 3.63) is 0 Å². The van der Waals surface area contributed by atoms with Crippen molar-refractivity contribution in [2.24, 2.45) is 5.92 Å². The number of piperidine rings is 1. The molecule has 0 saturated carbocycles. The number of carbonyl (C=O) groups is 1. The molecule has 106 valence electrons. The van der Waals surface area contributed by atoms with E-state index in [1.807, 2.05) is 0 Å². The lowest BCUT2D eigenvalue weighted by atomic mass is 9.99. The average molecular weight is 258 g/mol. The third-order valence-corrected chi connectivity index (χ3v) is 3.11. The lowest BCUT2D eigenvalue weighted by Gasteiger charge is -2.21. The minimum Gasteiger partial charge on any atom is -0.382 e. The topological polar surface area (TPSA) is 59.6 Å². The Morgan fingerprint density at radius 2 is 2.22 bits per heavy atom. The smallest absolute Gasteiger partial charge is 0.224 e. The lowest BCUT2D eigenvalue weighted by Crippen LogP contribution is -2.40. The summed E-state index contributed by atoms with van der Waals surface area (Å²) in [5.41, 5.74) is 0. The third-order valence-electron chi connectivity index (χ3n) is 3.11. The van der Waals surface area contributed by atoms with Crippen LogP contribution in [0.25, 0.3) is 0 Å². The molecule has 0 aliphatic carbocycles. The van der Waals surface area contributed by atoms with Gasteiger partial charge in [0.05, 0.1) is 19.1 Å². The molecule has 1 amide bonds. The number of amides is 1. The van der Waals surface area contributed by atoms with E-state index >= 15 is 0 Å². The van der Waals surface area contributed by atoms with Gasteiger partial charge in [0.1, 0.15) is 0 Å². The maximum atomic E-state index is 11.8. The monoisotopic (exact) mass is 258 g/mol. The third kappa shape index (κ3) is 6.93. The molecule has 0 radical (unpaired) electrons. The van der Waals surface area contributed by atoms with E-state index < -0.39 is 0 Å². The number of unbranched alkanes of at least 4 members (excludes halogenated alkanes) is 1. The molecule has 18 heavy (non-hydrogen) atoms. The lowest BCUT2D eigenvalue weighted by molar-refractivity contribution is -0.125. The molecule has 1 atom stereocenters. The summed E-state index contributed by atoms with van der Waals surface area (Å²) < 4.78 is 10.2. The van der Waals surface area contributed by atoms with Crippen LogP contribution in [0.15, 0.2) is 0 Å². The zero-order valence-electron chi connectivity index (χ0n) is 11.4. The van der Waals surface area contributed by atoms with Gasteiger partial charge in [0.2, 0.25) is 5.91 Å². The maximum absolute atomic E-state index is 11.8. The fourth-order valence-corrected chi connectivity index (χ4v) is 2.00. The van der Waals surface area contributed by atoms with Crippen LogP contribution in [0.2, 0.25) is 0 Å². The van der Waals surface area contributed by atoms with Crippen molar-refractivity contribution in [2.75, 3.05) is 46.6 Å². The van der Waals surface area contributed by atoms with Crippen LogP contribution < -0.4 is 10.6 Å². The van der Waals surface area contributed by atoms with Crippen LogP contribution in [0, 0.1) is 5.92 Å². The van der Waals surface area contributed by atoms with Crippen molar-refractivity contribution in [2.45, 2.75) is 25.7 Å². The van der Waals surface area contributed by atoms with Crippen molar-refractivity contribution in [3.8, 4) is 0 Å². The summed E-state index contributed by atoms with van der Waals surface area (Å²) in [6, 6.07) is 0. The van der Waals surface area contributed by atoms with Gasteiger partial charge in [-0.3, -0.25) is 4.79 Å². The average Bonchev–Trinajstić information content (AvgIpc) is 2.42. The summed E-state index contributed by atoms with van der Waals surface area (Å²) in [5, 5.41) is 6.25. The van der Waals surface area contributed by atoms with Gasteiger partial charge in [-0.15, -0.1) is 0 Å². The molecule has 0 aromatic heterocycles. The predicted molar refractivity (Wildman–Crippen MR) is 70.5 cm³/mol. The second-order valence-corrected chi connectivity index (χ2v) is 4.65. The van der Waals surface area contributed by atoms with Gasteiger partial charge in [-0.25, -0.2) is 0 Å². The first-order chi connectivity index (χ1) is 8.84. The van der Waals surface area contributed by atoms with E-state index in [-0.39, 0.29) is 11.8 Å². The summed E-state index contributed by atoms with van der Waals surface area (Å²) in [6.45, 7) is 4.66. The Morgan fingerprint density at radius 1 is 1.33 bits per heavy atom. The molecule has 1 rings (SSSR count). The van der Waals surface area contributed by atoms with E-state index in [9.17, 15) is 4.79 Å². The second-order valence-electron chi connectivity index (χ2n) is 4.65. The summed E-state index contributed by atoms with van der Waals surface area (Å²) >= 11 is 0. The van der Waals surface area contributed by atoms with E-state index in [0.29, 0.717) is 13.2 Å². The van der Waals surface area contributed by atoms with Gasteiger partial charge in [0.25, 0.3) is 0 Å². The van der Waals surface area contributed by atoms with Gasteiger partial charge in [-0.05, 0) is 32.2 Å². The number of hydrogen-bond donors (Lipinski definition) is 2. The van der Waals surface area contributed by atoms with Crippen LogP contribution in [0.1, 0.15) is 25.7 Å². The van der Waals surface area contributed by atoms with Crippen molar-refractivity contribution < 1.29 is 14.3 Å². The summed E-state index contributed by atoms with van der Waals surface area (Å²) in [6.07, 6.45) is 4.07. The zero-order valence-corrected chi connectivity index (χ0v) is 11.4. The molecule has 0 aromatic rings. The van der Waals surface area contributed by atoms with Crippen LogP contribution in [-0.4, -0.2) is 52.5 Å². The van der Waals surface area contributed by atoms with Crippen molar-refractivity contribution in [1.29, 1.82) is 0 Å². The molecule has 1 aliphatic heterocycles. The normalized spacial score (nSPS) is 19.7. The molecule has 1 saturated heterocycles. The molecular formula is C13H26N2O3. The number of ether oxygens (including phenoxy) is 2. The summed E-state index contributed by atoms with van der Waals surface area (Å²) in [7, 11) is 1.67. The Balaban J connectivity index is 1.89. The minimum absolute atomic E-state index is 0.164. The van der Waals surface area contributed by atoms with E-state index in [1.165, 1.54) is 0 Å². The first-order valence-corrected chi connectivity index (χ1v) is 6.89. The van der Waals surface area contributed by atoms with E-state index in [4.69, 9.17) is 9.47 Å². The molecule has 5 nitrogen and oxygen atoms in total. The van der Waals surface area contributed by atoms with Crippen molar-refractivity contribution in [1.82, 2.24) is 10.6 Å². The zero-order chi connectivity index (χ0) is 13.1. The molecule has 1 heterocycles. The molecule has 1 unspecified atom stereocenters. The molecule has 0 spiro atoms. The first kappa shape index (κ1) is 15.4. The molecule has 0 aromatic carbocycles. The standard InChI is InChI=1S/C13H26N2O3/c1-17-9-10-18-8-3-2-7-15-13(16)12-5-4-6-14-11-12/h12,14H,2-11H2,1H3,(H,15,16). The van der Waals surface area contributed by atoms with Crippen LogP contribution >= 0.6 is 0 Å². The van der Waals surface area contributed by atoms with Gasteiger partial charge in [-0.2, -0.15) is 0 Å². The molecule has 1 aliphatic rings. The van der Waals surface area contributed by atoms with Crippen LogP contribution in [-0.2, 0) is 14.3 Å². The fraction of sp³-hybridized carbons (Fsp3) is 0.923. The van der Waals surface area contributed by atoms with Gasteiger partial charge in [0, 0.05) is 26.8 Å². The molecular weight excluding hydrogens is 232 g/mol. The van der Waals surface area contributed by atoms with Crippen LogP contribution in [0.5, 0.6) is 0 Å². The first-order valence-electron chi connectivity index (χ1n) is 6.89. The van der Waals surface area contributed by atoms with Crippen LogP contribution in [0.3, 0.4) is 0 Å². The highest BCUT2D eigenvalue weighted by Gasteiger charge is 2.19. The highest BCUT2D eigenvalue weighted by atomic mass is 16.5. The van der Waals surface area contributed by atoms with Crippen molar-refractivity contribution >= 4 is 5.91 Å². The Morgan fingerprint density at radius 3 is 2.94 bits per heavy atom. The maximum Gasteiger partial charge on any atom is 0.224 e. The minimum atomic E-state index is 0.164.